The van der Waals surface area contributed by atoms with Gasteiger partial charge in [0.1, 0.15) is 5.75 Å². The van der Waals surface area contributed by atoms with Gasteiger partial charge < -0.3 is 24.8 Å². The van der Waals surface area contributed by atoms with E-state index in [4.69, 9.17) is 4.74 Å². The van der Waals surface area contributed by atoms with Crippen LogP contribution in [0.3, 0.4) is 0 Å². The van der Waals surface area contributed by atoms with E-state index in [0.29, 0.717) is 57.9 Å². The van der Waals surface area contributed by atoms with Gasteiger partial charge in [0.05, 0.1) is 24.0 Å². The fraction of sp³-hybridized carbons (Fsp3) is 0.235. The van der Waals surface area contributed by atoms with E-state index in [1.807, 2.05) is 22.8 Å². The zero-order valence-electron chi connectivity index (χ0n) is 24.3. The minimum Gasteiger partial charge on any atom is -0.497 e. The summed E-state index contributed by atoms with van der Waals surface area (Å²) in [4.78, 5) is 53.6. The van der Waals surface area contributed by atoms with E-state index >= 15 is 0 Å². The third-order valence-corrected chi connectivity index (χ3v) is 8.96. The molecule has 4 aromatic rings. The van der Waals surface area contributed by atoms with Crippen molar-refractivity contribution in [3.8, 4) is 5.75 Å². The van der Waals surface area contributed by atoms with Gasteiger partial charge in [0.15, 0.2) is 5.78 Å². The highest BCUT2D eigenvalue weighted by Gasteiger charge is 2.35. The van der Waals surface area contributed by atoms with E-state index < -0.39 is 0 Å². The Bertz CT molecular complexity index is 1850. The van der Waals surface area contributed by atoms with E-state index in [0.717, 1.165) is 17.8 Å². The molecule has 2 aliphatic heterocycles. The minimum absolute atomic E-state index is 0.0201. The van der Waals surface area contributed by atoms with Crippen LogP contribution in [0.4, 0.5) is 17.1 Å². The zero-order chi connectivity index (χ0) is 31.0. The van der Waals surface area contributed by atoms with Gasteiger partial charge in [0.25, 0.3) is 17.4 Å². The highest BCUT2D eigenvalue weighted by molar-refractivity contribution is 9.10. The summed E-state index contributed by atoms with van der Waals surface area (Å²) >= 11 is 3.47. The van der Waals surface area contributed by atoms with Gasteiger partial charge >= 0.3 is 0 Å². The SMILES string of the molecule is COc1ccc(Br)c(C(=O)Nc2cc(C(=O)Nc3cccc(C(C)=O)c3)ccc2N2CC3CC(C2)c2cccc(=O)n2C3)c1. The Labute approximate surface area is 263 Å². The monoisotopic (exact) mass is 654 g/mol. The Balaban J connectivity index is 1.34. The fourth-order valence-corrected chi connectivity index (χ4v) is 6.59. The number of benzene rings is 3. The lowest BCUT2D eigenvalue weighted by atomic mass is 9.83. The number of piperidine rings is 1. The average Bonchev–Trinajstić information content (AvgIpc) is 3.01. The number of hydrogen-bond donors (Lipinski definition) is 2. The molecule has 0 radical (unpaired) electrons. The molecule has 0 saturated carbocycles. The molecule has 1 aromatic heterocycles. The molecule has 6 rings (SSSR count). The molecule has 2 amide bonds. The molecule has 10 heteroatoms. The van der Waals surface area contributed by atoms with Crippen LogP contribution in [0.1, 0.15) is 56.0 Å². The van der Waals surface area contributed by atoms with Gasteiger partial charge in [0.2, 0.25) is 0 Å². The first-order chi connectivity index (χ1) is 21.2. The van der Waals surface area contributed by atoms with Crippen LogP contribution >= 0.6 is 15.9 Å². The van der Waals surface area contributed by atoms with Crippen molar-refractivity contribution in [3.63, 3.8) is 0 Å². The highest BCUT2D eigenvalue weighted by atomic mass is 79.9. The number of nitrogens with one attached hydrogen (secondary N) is 2. The summed E-state index contributed by atoms with van der Waals surface area (Å²) in [7, 11) is 1.54. The van der Waals surface area contributed by atoms with Crippen LogP contribution in [0.15, 0.2) is 88.1 Å². The largest absolute Gasteiger partial charge is 0.497 e. The first-order valence-corrected chi connectivity index (χ1v) is 15.2. The van der Waals surface area contributed by atoms with Crippen molar-refractivity contribution in [1.29, 1.82) is 0 Å². The summed E-state index contributed by atoms with van der Waals surface area (Å²) in [6, 6.07) is 22.6. The Morgan fingerprint density at radius 1 is 0.864 bits per heavy atom. The number of pyridine rings is 1. The second kappa shape index (κ2) is 12.1. The molecule has 0 spiro atoms. The lowest BCUT2D eigenvalue weighted by Crippen LogP contribution is -2.47. The Morgan fingerprint density at radius 2 is 1.68 bits per heavy atom. The normalized spacial score (nSPS) is 16.9. The van der Waals surface area contributed by atoms with Crippen molar-refractivity contribution in [2.45, 2.75) is 25.8 Å². The van der Waals surface area contributed by atoms with Crippen LogP contribution in [-0.4, -0.2) is 42.4 Å². The predicted molar refractivity (Wildman–Crippen MR) is 173 cm³/mol. The summed E-state index contributed by atoms with van der Waals surface area (Å²) in [5.41, 5.74) is 4.03. The summed E-state index contributed by atoms with van der Waals surface area (Å²) in [5.74, 6) is 0.116. The molecule has 2 atom stereocenters. The molecule has 0 aliphatic carbocycles. The van der Waals surface area contributed by atoms with Gasteiger partial charge in [-0.1, -0.05) is 18.2 Å². The summed E-state index contributed by atoms with van der Waals surface area (Å²) in [5, 5.41) is 5.91. The second-order valence-electron chi connectivity index (χ2n) is 11.2. The van der Waals surface area contributed by atoms with E-state index in [1.54, 1.807) is 60.7 Å². The van der Waals surface area contributed by atoms with E-state index in [-0.39, 0.29) is 35.0 Å². The van der Waals surface area contributed by atoms with E-state index in [9.17, 15) is 19.2 Å². The van der Waals surface area contributed by atoms with Crippen LogP contribution in [0.25, 0.3) is 0 Å². The summed E-state index contributed by atoms with van der Waals surface area (Å²) < 4.78 is 7.82. The number of nitrogens with zero attached hydrogens (tertiary/aromatic N) is 2. The lowest BCUT2D eigenvalue weighted by molar-refractivity contribution is 0.101. The van der Waals surface area contributed by atoms with Crippen molar-refractivity contribution >= 4 is 50.6 Å². The molecule has 44 heavy (non-hydrogen) atoms. The Hall–Kier alpha value is -4.70. The molecule has 224 valence electrons. The topological polar surface area (TPSA) is 110 Å². The number of rotatable bonds is 7. The maximum atomic E-state index is 13.6. The number of halogens is 1. The van der Waals surface area contributed by atoms with Gasteiger partial charge in [0, 0.05) is 58.6 Å². The van der Waals surface area contributed by atoms with Gasteiger partial charge in [-0.05, 0) is 89.8 Å². The third kappa shape index (κ3) is 5.90. The maximum absolute atomic E-state index is 13.6. The quantitative estimate of drug-likeness (QED) is 0.238. The van der Waals surface area contributed by atoms with E-state index in [1.165, 1.54) is 14.0 Å². The number of fused-ring (bicyclic) bond motifs is 4. The standard InChI is InChI=1S/C34H31BrN4O5/c1-20(40)22-5-3-6-25(14-22)36-33(42)23-9-12-31(29(15-23)37-34(43)27-16-26(44-2)10-11-28(27)35)38-17-21-13-24(19-38)30-7-4-8-32(41)39(30)18-21/h3-12,14-16,21,24H,13,17-19H2,1-2H3,(H,36,42)(H,37,43). The highest BCUT2D eigenvalue weighted by Crippen LogP contribution is 2.39. The van der Waals surface area contributed by atoms with Gasteiger partial charge in [-0.25, -0.2) is 0 Å². The molecule has 2 N–H and O–H groups in total. The number of hydrogen-bond acceptors (Lipinski definition) is 6. The van der Waals surface area contributed by atoms with Crippen LogP contribution in [0.2, 0.25) is 0 Å². The molecule has 2 aliphatic rings. The molecule has 1 fully saturated rings. The van der Waals surface area contributed by atoms with E-state index in [2.05, 4.69) is 31.5 Å². The van der Waals surface area contributed by atoms with Crippen LogP contribution in [-0.2, 0) is 6.54 Å². The predicted octanol–water partition coefficient (Wildman–Crippen LogP) is 5.95. The summed E-state index contributed by atoms with van der Waals surface area (Å²) in [6.45, 7) is 3.47. The zero-order valence-corrected chi connectivity index (χ0v) is 25.9. The molecule has 2 unspecified atom stereocenters. The molecular weight excluding hydrogens is 624 g/mol. The smallest absolute Gasteiger partial charge is 0.257 e. The lowest BCUT2D eigenvalue weighted by Gasteiger charge is -2.44. The van der Waals surface area contributed by atoms with Gasteiger partial charge in [-0.15, -0.1) is 0 Å². The molecule has 1 saturated heterocycles. The first-order valence-electron chi connectivity index (χ1n) is 14.4. The first kappa shape index (κ1) is 29.4. The minimum atomic E-state index is -0.376. The number of carbonyl (C=O) groups excluding carboxylic acids is 3. The molecule has 9 nitrogen and oxygen atoms in total. The van der Waals surface area contributed by atoms with Crippen molar-refractivity contribution < 1.29 is 19.1 Å². The number of Topliss-reactive ketones (excluding diaryl/α,β-unsaturated/α-hetero) is 1. The Morgan fingerprint density at radius 3 is 2.48 bits per heavy atom. The van der Waals surface area contributed by atoms with Gasteiger partial charge in [-0.2, -0.15) is 0 Å². The number of anilines is 3. The van der Waals surface area contributed by atoms with Crippen LogP contribution < -0.4 is 25.8 Å². The third-order valence-electron chi connectivity index (χ3n) is 8.27. The number of methoxy groups -OCH3 is 1. The Kier molecular flexibility index (Phi) is 8.09. The number of aromatic nitrogens is 1. The molecule has 3 aromatic carbocycles. The number of amides is 2. The number of ether oxygens (including phenoxy) is 1. The molecule has 3 heterocycles. The van der Waals surface area contributed by atoms with Crippen molar-refractivity contribution in [1.82, 2.24) is 4.57 Å². The average molecular weight is 656 g/mol. The van der Waals surface area contributed by atoms with Crippen molar-refractivity contribution in [2.24, 2.45) is 5.92 Å². The molecule has 2 bridgehead atoms. The van der Waals surface area contributed by atoms with Gasteiger partial charge in [-0.3, -0.25) is 19.2 Å². The number of ketones is 1. The fourth-order valence-electron chi connectivity index (χ4n) is 6.16. The molecular formula is C34H31BrN4O5. The van der Waals surface area contributed by atoms with Crippen LogP contribution in [0, 0.1) is 5.92 Å². The van der Waals surface area contributed by atoms with Crippen molar-refractivity contribution in [2.75, 3.05) is 35.7 Å². The second-order valence-corrected chi connectivity index (χ2v) is 12.1. The van der Waals surface area contributed by atoms with Crippen molar-refractivity contribution in [3.05, 3.63) is 116 Å². The maximum Gasteiger partial charge on any atom is 0.257 e. The van der Waals surface area contributed by atoms with Crippen LogP contribution in [0.5, 0.6) is 5.75 Å². The number of carbonyl (C=O) groups is 3. The summed E-state index contributed by atoms with van der Waals surface area (Å²) in [6.07, 6.45) is 0.984.